The zero-order valence-electron chi connectivity index (χ0n) is 16.3. The second-order valence-electron chi connectivity index (χ2n) is 6.94. The van der Waals surface area contributed by atoms with Crippen molar-refractivity contribution in [2.45, 2.75) is 25.2 Å². The molecular weight excluding hydrogens is 387 g/mol. The SMILES string of the molecule is CCc1cc2cc(-c3ccc(S(=O)(=O)CC)cc3)cc(-c3ccc(F)cc3)c2o1. The first kappa shape index (κ1) is 19.4. The van der Waals surface area contributed by atoms with Crippen LogP contribution in [0.1, 0.15) is 19.6 Å². The summed E-state index contributed by atoms with van der Waals surface area (Å²) in [6.45, 7) is 3.67. The molecule has 3 aromatic carbocycles. The predicted octanol–water partition coefficient (Wildman–Crippen LogP) is 6.26. The Labute approximate surface area is 169 Å². The van der Waals surface area contributed by atoms with Crippen molar-refractivity contribution in [3.63, 3.8) is 0 Å². The van der Waals surface area contributed by atoms with Gasteiger partial charge in [0.15, 0.2) is 9.84 Å². The fourth-order valence-electron chi connectivity index (χ4n) is 3.41. The molecule has 4 rings (SSSR count). The van der Waals surface area contributed by atoms with Gasteiger partial charge in [-0.05, 0) is 59.2 Å². The quantitative estimate of drug-likeness (QED) is 0.391. The van der Waals surface area contributed by atoms with Crippen molar-refractivity contribution in [1.82, 2.24) is 0 Å². The van der Waals surface area contributed by atoms with Gasteiger partial charge in [-0.1, -0.05) is 38.1 Å². The van der Waals surface area contributed by atoms with E-state index in [-0.39, 0.29) is 11.6 Å². The van der Waals surface area contributed by atoms with Crippen molar-refractivity contribution in [3.05, 3.63) is 78.3 Å². The van der Waals surface area contributed by atoms with Crippen LogP contribution < -0.4 is 0 Å². The number of hydrogen-bond acceptors (Lipinski definition) is 3. The second kappa shape index (κ2) is 7.48. The van der Waals surface area contributed by atoms with Crippen LogP contribution in [0.5, 0.6) is 0 Å². The first-order chi connectivity index (χ1) is 13.9. The predicted molar refractivity (Wildman–Crippen MR) is 114 cm³/mol. The van der Waals surface area contributed by atoms with E-state index in [1.54, 1.807) is 31.2 Å². The summed E-state index contributed by atoms with van der Waals surface area (Å²) in [5.74, 6) is 0.662. The highest BCUT2D eigenvalue weighted by molar-refractivity contribution is 7.91. The van der Waals surface area contributed by atoms with E-state index in [9.17, 15) is 12.8 Å². The van der Waals surface area contributed by atoms with Crippen molar-refractivity contribution < 1.29 is 17.2 Å². The number of sulfone groups is 1. The highest BCUT2D eigenvalue weighted by Crippen LogP contribution is 2.36. The molecule has 1 aromatic heterocycles. The van der Waals surface area contributed by atoms with Crippen LogP contribution in [0.4, 0.5) is 4.39 Å². The van der Waals surface area contributed by atoms with Crippen LogP contribution in [0, 0.1) is 5.82 Å². The van der Waals surface area contributed by atoms with Gasteiger partial charge in [0.2, 0.25) is 0 Å². The smallest absolute Gasteiger partial charge is 0.178 e. The number of rotatable bonds is 5. The third kappa shape index (κ3) is 3.70. The van der Waals surface area contributed by atoms with E-state index in [0.717, 1.165) is 45.4 Å². The van der Waals surface area contributed by atoms with E-state index in [1.165, 1.54) is 12.1 Å². The van der Waals surface area contributed by atoms with Gasteiger partial charge >= 0.3 is 0 Å². The van der Waals surface area contributed by atoms with Crippen molar-refractivity contribution in [1.29, 1.82) is 0 Å². The number of halogens is 1. The molecule has 0 amide bonds. The Kier molecular flexibility index (Phi) is 5.01. The van der Waals surface area contributed by atoms with Crippen molar-refractivity contribution >= 4 is 20.8 Å². The summed E-state index contributed by atoms with van der Waals surface area (Å²) in [6, 6.07) is 19.3. The van der Waals surface area contributed by atoms with Gasteiger partial charge in [0.1, 0.15) is 17.2 Å². The standard InChI is InChI=1S/C24H21FO3S/c1-3-21-14-19-13-18(16-7-11-22(12-8-16)29(26,27)4-2)15-23(24(19)28-21)17-5-9-20(25)10-6-17/h5-15H,3-4H2,1-2H3. The fraction of sp³-hybridized carbons (Fsp3) is 0.167. The molecule has 3 nitrogen and oxygen atoms in total. The lowest BCUT2D eigenvalue weighted by Gasteiger charge is -2.09. The minimum Gasteiger partial charge on any atom is -0.460 e. The van der Waals surface area contributed by atoms with Gasteiger partial charge in [-0.2, -0.15) is 0 Å². The number of furan rings is 1. The van der Waals surface area contributed by atoms with E-state index in [0.29, 0.717) is 4.90 Å². The summed E-state index contributed by atoms with van der Waals surface area (Å²) >= 11 is 0. The van der Waals surface area contributed by atoms with Gasteiger partial charge in [0.25, 0.3) is 0 Å². The van der Waals surface area contributed by atoms with E-state index in [1.807, 2.05) is 37.3 Å². The van der Waals surface area contributed by atoms with Gasteiger partial charge in [0, 0.05) is 17.4 Å². The molecular formula is C24H21FO3S. The van der Waals surface area contributed by atoms with Gasteiger partial charge in [-0.15, -0.1) is 0 Å². The Morgan fingerprint density at radius 3 is 2.10 bits per heavy atom. The lowest BCUT2D eigenvalue weighted by Crippen LogP contribution is -2.03. The summed E-state index contributed by atoms with van der Waals surface area (Å²) in [5, 5.41) is 0.962. The normalized spacial score (nSPS) is 11.8. The van der Waals surface area contributed by atoms with Crippen LogP contribution in [0.25, 0.3) is 33.2 Å². The lowest BCUT2D eigenvalue weighted by molar-refractivity contribution is 0.558. The average Bonchev–Trinajstić information content (AvgIpc) is 3.17. The molecule has 0 spiro atoms. The van der Waals surface area contributed by atoms with Crippen molar-refractivity contribution in [2.75, 3.05) is 5.75 Å². The van der Waals surface area contributed by atoms with Gasteiger partial charge in [0.05, 0.1) is 10.6 Å². The highest BCUT2D eigenvalue weighted by atomic mass is 32.2. The van der Waals surface area contributed by atoms with E-state index in [2.05, 4.69) is 0 Å². The molecule has 0 aliphatic rings. The van der Waals surface area contributed by atoms with Gasteiger partial charge in [-0.3, -0.25) is 0 Å². The molecule has 1 heterocycles. The summed E-state index contributed by atoms with van der Waals surface area (Å²) in [7, 11) is -3.24. The lowest BCUT2D eigenvalue weighted by atomic mass is 9.97. The zero-order valence-corrected chi connectivity index (χ0v) is 17.1. The Morgan fingerprint density at radius 1 is 0.828 bits per heavy atom. The maximum absolute atomic E-state index is 13.4. The highest BCUT2D eigenvalue weighted by Gasteiger charge is 2.15. The van der Waals surface area contributed by atoms with Crippen LogP contribution in [0.15, 0.2) is 76.0 Å². The largest absolute Gasteiger partial charge is 0.460 e. The number of fused-ring (bicyclic) bond motifs is 1. The Bertz CT molecular complexity index is 1270. The van der Waals surface area contributed by atoms with Crippen LogP contribution >= 0.6 is 0 Å². The van der Waals surface area contributed by atoms with Crippen LogP contribution in [-0.2, 0) is 16.3 Å². The summed E-state index contributed by atoms with van der Waals surface area (Å²) in [6.07, 6.45) is 0.774. The average molecular weight is 408 g/mol. The van der Waals surface area contributed by atoms with E-state index < -0.39 is 9.84 Å². The van der Waals surface area contributed by atoms with Crippen LogP contribution in [0.2, 0.25) is 0 Å². The van der Waals surface area contributed by atoms with E-state index >= 15 is 0 Å². The Morgan fingerprint density at radius 2 is 1.48 bits per heavy atom. The molecule has 4 aromatic rings. The maximum atomic E-state index is 13.4. The third-order valence-corrected chi connectivity index (χ3v) is 6.85. The van der Waals surface area contributed by atoms with Crippen molar-refractivity contribution in [3.8, 4) is 22.3 Å². The maximum Gasteiger partial charge on any atom is 0.178 e. The molecule has 0 saturated carbocycles. The minimum atomic E-state index is -3.24. The molecule has 148 valence electrons. The molecule has 0 bridgehead atoms. The molecule has 0 aliphatic carbocycles. The summed E-state index contributed by atoms with van der Waals surface area (Å²) in [4.78, 5) is 0.320. The van der Waals surface area contributed by atoms with Crippen LogP contribution in [-0.4, -0.2) is 14.2 Å². The summed E-state index contributed by atoms with van der Waals surface area (Å²) in [5.41, 5.74) is 4.36. The topological polar surface area (TPSA) is 47.3 Å². The molecule has 0 radical (unpaired) electrons. The Balaban J connectivity index is 1.88. The fourth-order valence-corrected chi connectivity index (χ4v) is 4.30. The first-order valence-corrected chi connectivity index (χ1v) is 11.2. The number of benzene rings is 3. The monoisotopic (exact) mass is 408 g/mol. The molecule has 0 N–H and O–H groups in total. The molecule has 0 saturated heterocycles. The molecule has 29 heavy (non-hydrogen) atoms. The molecule has 0 fully saturated rings. The first-order valence-electron chi connectivity index (χ1n) is 9.57. The zero-order chi connectivity index (χ0) is 20.6. The Hall–Kier alpha value is -2.92. The number of aryl methyl sites for hydroxylation is 1. The summed E-state index contributed by atoms with van der Waals surface area (Å²) < 4.78 is 43.6. The van der Waals surface area contributed by atoms with Gasteiger partial charge < -0.3 is 4.42 Å². The molecule has 5 heteroatoms. The minimum absolute atomic E-state index is 0.0713. The molecule has 0 unspecified atom stereocenters. The van der Waals surface area contributed by atoms with E-state index in [4.69, 9.17) is 4.42 Å². The number of hydrogen-bond donors (Lipinski definition) is 0. The van der Waals surface area contributed by atoms with Gasteiger partial charge in [-0.25, -0.2) is 12.8 Å². The second-order valence-corrected chi connectivity index (χ2v) is 9.22. The molecule has 0 atom stereocenters. The van der Waals surface area contributed by atoms with Crippen molar-refractivity contribution in [2.24, 2.45) is 0 Å². The van der Waals surface area contributed by atoms with Crippen LogP contribution in [0.3, 0.4) is 0 Å². The third-order valence-electron chi connectivity index (χ3n) is 5.10. The molecule has 0 aliphatic heterocycles.